The molecule has 0 saturated carbocycles. The molecule has 0 fully saturated rings. The number of Topliss-reactive ketones (excluding diaryl/α,β-unsaturated/α-hetero) is 1. The highest BCUT2D eigenvalue weighted by atomic mass is 32.1. The molecule has 0 saturated heterocycles. The van der Waals surface area contributed by atoms with Crippen molar-refractivity contribution in [1.82, 2.24) is 5.32 Å². The average Bonchev–Trinajstić information content (AvgIpc) is 3.19. The Morgan fingerprint density at radius 1 is 1.15 bits per heavy atom. The van der Waals surface area contributed by atoms with E-state index in [9.17, 15) is 14.4 Å². The Morgan fingerprint density at radius 3 is 2.56 bits per heavy atom. The largest absolute Gasteiger partial charge is 0.493 e. The van der Waals surface area contributed by atoms with Gasteiger partial charge in [0, 0.05) is 10.4 Å². The first kappa shape index (κ1) is 20.4. The van der Waals surface area contributed by atoms with Gasteiger partial charge in [-0.1, -0.05) is 6.07 Å². The molecular weight excluding hydrogens is 370 g/mol. The Bertz CT molecular complexity index is 803. The number of amides is 1. The van der Waals surface area contributed by atoms with Crippen LogP contribution in [0.15, 0.2) is 35.7 Å². The van der Waals surface area contributed by atoms with E-state index >= 15 is 0 Å². The lowest BCUT2D eigenvalue weighted by atomic mass is 10.1. The molecule has 0 radical (unpaired) electrons. The molecule has 2 rings (SSSR count). The molecule has 1 amide bonds. The molecule has 0 bridgehead atoms. The first-order valence-corrected chi connectivity index (χ1v) is 9.09. The third-order valence-electron chi connectivity index (χ3n) is 3.63. The summed E-state index contributed by atoms with van der Waals surface area (Å²) in [5.74, 6) is -0.561. The van der Waals surface area contributed by atoms with Crippen molar-refractivity contribution in [2.24, 2.45) is 0 Å². The number of ketones is 1. The van der Waals surface area contributed by atoms with E-state index in [0.29, 0.717) is 17.1 Å². The van der Waals surface area contributed by atoms with E-state index in [1.165, 1.54) is 37.5 Å². The van der Waals surface area contributed by atoms with E-state index < -0.39 is 18.5 Å². The summed E-state index contributed by atoms with van der Waals surface area (Å²) in [6.45, 7) is 2.52. The van der Waals surface area contributed by atoms with Crippen molar-refractivity contribution in [3.8, 4) is 11.5 Å². The SMILES string of the molecule is COc1cc(C(C)=O)ccc1OCC(=O)OCC(=O)N[C@@H](C)c1cccs1. The van der Waals surface area contributed by atoms with Gasteiger partial charge in [0.15, 0.2) is 30.5 Å². The van der Waals surface area contributed by atoms with Gasteiger partial charge in [0.2, 0.25) is 0 Å². The molecule has 0 unspecified atom stereocenters. The van der Waals surface area contributed by atoms with Gasteiger partial charge < -0.3 is 19.5 Å². The summed E-state index contributed by atoms with van der Waals surface area (Å²) in [4.78, 5) is 36.0. The second-order valence-electron chi connectivity index (χ2n) is 5.68. The molecule has 7 nitrogen and oxygen atoms in total. The lowest BCUT2D eigenvalue weighted by Crippen LogP contribution is -2.31. The summed E-state index contributed by atoms with van der Waals surface area (Å²) in [7, 11) is 1.43. The molecule has 0 spiro atoms. The number of carbonyl (C=O) groups excluding carboxylic acids is 3. The van der Waals surface area contributed by atoms with Crippen LogP contribution in [0.25, 0.3) is 0 Å². The van der Waals surface area contributed by atoms with Gasteiger partial charge in [-0.2, -0.15) is 0 Å². The number of hydrogen-bond acceptors (Lipinski definition) is 7. The highest BCUT2D eigenvalue weighted by Gasteiger charge is 2.14. The molecule has 144 valence electrons. The minimum absolute atomic E-state index is 0.109. The van der Waals surface area contributed by atoms with Crippen LogP contribution in [0.2, 0.25) is 0 Å². The molecule has 0 aliphatic heterocycles. The Morgan fingerprint density at radius 2 is 1.93 bits per heavy atom. The quantitative estimate of drug-likeness (QED) is 0.522. The molecule has 1 heterocycles. The van der Waals surface area contributed by atoms with Crippen molar-refractivity contribution < 1.29 is 28.6 Å². The predicted molar refractivity (Wildman–Crippen MR) is 100 cm³/mol. The maximum atomic E-state index is 11.9. The lowest BCUT2D eigenvalue weighted by Gasteiger charge is -2.13. The van der Waals surface area contributed by atoms with Crippen molar-refractivity contribution >= 4 is 29.0 Å². The number of rotatable bonds is 9. The summed E-state index contributed by atoms with van der Waals surface area (Å²) in [5.41, 5.74) is 0.471. The molecule has 1 aromatic carbocycles. The van der Waals surface area contributed by atoms with Crippen LogP contribution in [-0.2, 0) is 14.3 Å². The van der Waals surface area contributed by atoms with E-state index in [4.69, 9.17) is 14.2 Å². The molecule has 1 N–H and O–H groups in total. The van der Waals surface area contributed by atoms with E-state index in [1.807, 2.05) is 24.4 Å². The van der Waals surface area contributed by atoms with Crippen molar-refractivity contribution in [3.63, 3.8) is 0 Å². The molecule has 0 aliphatic carbocycles. The smallest absolute Gasteiger partial charge is 0.344 e. The number of hydrogen-bond donors (Lipinski definition) is 1. The number of ether oxygens (including phenoxy) is 3. The zero-order valence-corrected chi connectivity index (χ0v) is 16.1. The first-order chi connectivity index (χ1) is 12.9. The van der Waals surface area contributed by atoms with Crippen LogP contribution in [0.1, 0.15) is 35.1 Å². The van der Waals surface area contributed by atoms with Gasteiger partial charge in [-0.3, -0.25) is 9.59 Å². The molecule has 8 heteroatoms. The minimum Gasteiger partial charge on any atom is -0.493 e. The highest BCUT2D eigenvalue weighted by molar-refractivity contribution is 7.10. The average molecular weight is 391 g/mol. The molecule has 27 heavy (non-hydrogen) atoms. The number of nitrogens with one attached hydrogen (secondary N) is 1. The third-order valence-corrected chi connectivity index (χ3v) is 4.68. The van der Waals surface area contributed by atoms with E-state index in [1.54, 1.807) is 6.07 Å². The Hall–Kier alpha value is -2.87. The maximum Gasteiger partial charge on any atom is 0.344 e. The zero-order chi connectivity index (χ0) is 19.8. The molecule has 2 aromatic rings. The highest BCUT2D eigenvalue weighted by Crippen LogP contribution is 2.28. The van der Waals surface area contributed by atoms with Crippen LogP contribution in [0.4, 0.5) is 0 Å². The second-order valence-corrected chi connectivity index (χ2v) is 6.66. The fourth-order valence-electron chi connectivity index (χ4n) is 2.22. The normalized spacial score (nSPS) is 11.4. The predicted octanol–water partition coefficient (Wildman–Crippen LogP) is 2.76. The van der Waals surface area contributed by atoms with Crippen LogP contribution in [0.5, 0.6) is 11.5 Å². The Balaban J connectivity index is 1.79. The van der Waals surface area contributed by atoms with Gasteiger partial charge in [-0.15, -0.1) is 11.3 Å². The number of thiophene rings is 1. The number of benzene rings is 1. The van der Waals surface area contributed by atoms with Crippen molar-refractivity contribution in [2.75, 3.05) is 20.3 Å². The molecule has 1 aromatic heterocycles. The van der Waals surface area contributed by atoms with Crippen molar-refractivity contribution in [2.45, 2.75) is 19.9 Å². The standard InChI is InChI=1S/C19H21NO6S/c1-12(17-5-4-8-27-17)20-18(22)10-26-19(23)11-25-15-7-6-14(13(2)21)9-16(15)24-3/h4-9,12H,10-11H2,1-3H3,(H,20,22)/t12-/m0/s1. The van der Waals surface area contributed by atoms with Gasteiger partial charge in [0.1, 0.15) is 0 Å². The summed E-state index contributed by atoms with van der Waals surface area (Å²) in [5, 5.41) is 4.67. The van der Waals surface area contributed by atoms with Gasteiger partial charge in [0.25, 0.3) is 5.91 Å². The van der Waals surface area contributed by atoms with E-state index in [0.717, 1.165) is 4.88 Å². The second kappa shape index (κ2) is 9.72. The van der Waals surface area contributed by atoms with E-state index in [-0.39, 0.29) is 18.4 Å². The summed E-state index contributed by atoms with van der Waals surface area (Å²) < 4.78 is 15.4. The first-order valence-electron chi connectivity index (χ1n) is 8.21. The lowest BCUT2D eigenvalue weighted by molar-refractivity contribution is -0.150. The van der Waals surface area contributed by atoms with Gasteiger partial charge in [-0.25, -0.2) is 4.79 Å². The summed E-state index contributed by atoms with van der Waals surface area (Å²) in [6.07, 6.45) is 0. The van der Waals surface area contributed by atoms with Crippen molar-refractivity contribution in [1.29, 1.82) is 0 Å². The van der Waals surface area contributed by atoms with Crippen LogP contribution in [0, 0.1) is 0 Å². The van der Waals surface area contributed by atoms with Crippen LogP contribution >= 0.6 is 11.3 Å². The number of methoxy groups -OCH3 is 1. The number of carbonyl (C=O) groups is 3. The molecular formula is C19H21NO6S. The van der Waals surface area contributed by atoms with Gasteiger partial charge >= 0.3 is 5.97 Å². The topological polar surface area (TPSA) is 90.9 Å². The number of esters is 1. The molecule has 1 atom stereocenters. The van der Waals surface area contributed by atoms with Crippen LogP contribution in [0.3, 0.4) is 0 Å². The Labute approximate surface area is 161 Å². The molecule has 0 aliphatic rings. The third kappa shape index (κ3) is 6.10. The maximum absolute atomic E-state index is 11.9. The summed E-state index contributed by atoms with van der Waals surface area (Å²) >= 11 is 1.53. The van der Waals surface area contributed by atoms with Crippen LogP contribution < -0.4 is 14.8 Å². The van der Waals surface area contributed by atoms with E-state index in [2.05, 4.69) is 5.32 Å². The van der Waals surface area contributed by atoms with Crippen molar-refractivity contribution in [3.05, 3.63) is 46.2 Å². The summed E-state index contributed by atoms with van der Waals surface area (Å²) in [6, 6.07) is 8.31. The minimum atomic E-state index is -0.688. The monoisotopic (exact) mass is 391 g/mol. The zero-order valence-electron chi connectivity index (χ0n) is 15.3. The fraction of sp³-hybridized carbons (Fsp3) is 0.316. The van der Waals surface area contributed by atoms with Crippen LogP contribution in [-0.4, -0.2) is 38.0 Å². The van der Waals surface area contributed by atoms with Gasteiger partial charge in [0.05, 0.1) is 13.2 Å². The fourth-order valence-corrected chi connectivity index (χ4v) is 2.96. The van der Waals surface area contributed by atoms with Gasteiger partial charge in [-0.05, 0) is 43.5 Å². The Kier molecular flexibility index (Phi) is 7.36.